The van der Waals surface area contributed by atoms with E-state index < -0.39 is 17.5 Å². The van der Waals surface area contributed by atoms with Gasteiger partial charge in [-0.05, 0) is 20.3 Å². The molecule has 1 aliphatic heterocycles. The van der Waals surface area contributed by atoms with Crippen molar-refractivity contribution in [3.63, 3.8) is 0 Å². The maximum absolute atomic E-state index is 12.8. The van der Waals surface area contributed by atoms with Gasteiger partial charge in [0.05, 0.1) is 26.4 Å². The van der Waals surface area contributed by atoms with E-state index in [-0.39, 0.29) is 13.2 Å². The maximum Gasteiger partial charge on any atom is 0.338 e. The zero-order chi connectivity index (χ0) is 17.8. The van der Waals surface area contributed by atoms with Crippen molar-refractivity contribution in [2.24, 2.45) is 0 Å². The fraction of sp³-hybridized carbons (Fsp3) is 0.889. The van der Waals surface area contributed by atoms with E-state index in [1.165, 1.54) is 6.42 Å². The van der Waals surface area contributed by atoms with E-state index in [9.17, 15) is 9.59 Å². The van der Waals surface area contributed by atoms with Gasteiger partial charge in [-0.15, -0.1) is 0 Å². The van der Waals surface area contributed by atoms with E-state index in [2.05, 4.69) is 6.92 Å². The van der Waals surface area contributed by atoms with Crippen molar-refractivity contribution in [1.82, 2.24) is 4.90 Å². The number of carbonyl (C=O) groups is 2. The second-order valence-electron chi connectivity index (χ2n) is 6.06. The summed E-state index contributed by atoms with van der Waals surface area (Å²) in [6.07, 6.45) is 5.68. The Kier molecular flexibility index (Phi) is 9.95. The molecule has 1 saturated heterocycles. The van der Waals surface area contributed by atoms with Crippen LogP contribution < -0.4 is 0 Å². The standard InChI is InChI=1S/C18H33NO5/c1-4-7-8-9-10-11-18(16(20)23-5-2,17(21)24-6-3)19-12-14-22-15-13-19/h4-15H2,1-3H3. The number of rotatable bonds is 11. The minimum atomic E-state index is -1.33. The minimum Gasteiger partial charge on any atom is -0.464 e. The lowest BCUT2D eigenvalue weighted by Gasteiger charge is -2.41. The molecule has 1 aliphatic rings. The third kappa shape index (κ3) is 5.45. The van der Waals surface area contributed by atoms with Crippen molar-refractivity contribution in [3.05, 3.63) is 0 Å². The number of nitrogens with zero attached hydrogens (tertiary/aromatic N) is 1. The number of carbonyl (C=O) groups excluding carboxylic acids is 2. The van der Waals surface area contributed by atoms with Crippen molar-refractivity contribution < 1.29 is 23.8 Å². The van der Waals surface area contributed by atoms with Crippen LogP contribution in [0.5, 0.6) is 0 Å². The Morgan fingerprint density at radius 3 is 1.96 bits per heavy atom. The molecule has 0 bridgehead atoms. The van der Waals surface area contributed by atoms with Gasteiger partial charge < -0.3 is 14.2 Å². The normalized spacial score (nSPS) is 16.0. The van der Waals surface area contributed by atoms with Crippen LogP contribution in [-0.4, -0.2) is 61.9 Å². The number of hydrogen-bond acceptors (Lipinski definition) is 6. The summed E-state index contributed by atoms with van der Waals surface area (Å²) in [6, 6.07) is 0. The van der Waals surface area contributed by atoms with E-state index in [4.69, 9.17) is 14.2 Å². The predicted octanol–water partition coefficient (Wildman–Crippen LogP) is 2.54. The van der Waals surface area contributed by atoms with Crippen molar-refractivity contribution in [1.29, 1.82) is 0 Å². The molecule has 6 nitrogen and oxygen atoms in total. The quantitative estimate of drug-likeness (QED) is 0.326. The lowest BCUT2D eigenvalue weighted by molar-refractivity contribution is -0.179. The van der Waals surface area contributed by atoms with Gasteiger partial charge in [0.15, 0.2) is 0 Å². The van der Waals surface area contributed by atoms with Gasteiger partial charge in [0.25, 0.3) is 0 Å². The van der Waals surface area contributed by atoms with Gasteiger partial charge in [0, 0.05) is 13.1 Å². The Balaban J connectivity index is 2.96. The van der Waals surface area contributed by atoms with Gasteiger partial charge in [-0.25, -0.2) is 9.59 Å². The highest BCUT2D eigenvalue weighted by atomic mass is 16.6. The van der Waals surface area contributed by atoms with E-state index in [0.29, 0.717) is 32.7 Å². The van der Waals surface area contributed by atoms with Crippen molar-refractivity contribution >= 4 is 11.9 Å². The molecule has 0 unspecified atom stereocenters. The molecule has 140 valence electrons. The molecular formula is C18H33NO5. The van der Waals surface area contributed by atoms with Crippen molar-refractivity contribution in [3.8, 4) is 0 Å². The van der Waals surface area contributed by atoms with Crippen LogP contribution in [0.1, 0.15) is 59.3 Å². The Morgan fingerprint density at radius 1 is 0.917 bits per heavy atom. The molecule has 1 heterocycles. The van der Waals surface area contributed by atoms with E-state index in [1.807, 2.05) is 4.90 Å². The number of esters is 2. The van der Waals surface area contributed by atoms with E-state index >= 15 is 0 Å². The highest BCUT2D eigenvalue weighted by Gasteiger charge is 2.53. The third-order valence-corrected chi connectivity index (χ3v) is 4.42. The fourth-order valence-corrected chi connectivity index (χ4v) is 3.13. The van der Waals surface area contributed by atoms with Gasteiger partial charge in [0.2, 0.25) is 5.54 Å². The zero-order valence-electron chi connectivity index (χ0n) is 15.5. The molecule has 0 radical (unpaired) electrons. The van der Waals surface area contributed by atoms with Gasteiger partial charge in [-0.2, -0.15) is 0 Å². The number of unbranched alkanes of at least 4 members (excludes halogenated alkanes) is 4. The Hall–Kier alpha value is -1.14. The van der Waals surface area contributed by atoms with Gasteiger partial charge in [-0.1, -0.05) is 39.0 Å². The first-order valence-corrected chi connectivity index (χ1v) is 9.30. The van der Waals surface area contributed by atoms with Crippen LogP contribution in [-0.2, 0) is 23.8 Å². The number of hydrogen-bond donors (Lipinski definition) is 0. The first-order chi connectivity index (χ1) is 11.6. The summed E-state index contributed by atoms with van der Waals surface area (Å²) in [5.74, 6) is -0.971. The number of morpholine rings is 1. The molecule has 0 aromatic heterocycles. The summed E-state index contributed by atoms with van der Waals surface area (Å²) in [5, 5.41) is 0. The topological polar surface area (TPSA) is 65.1 Å². The number of ether oxygens (including phenoxy) is 3. The summed E-state index contributed by atoms with van der Waals surface area (Å²) in [7, 11) is 0. The molecule has 0 aliphatic carbocycles. The molecule has 0 aromatic carbocycles. The summed E-state index contributed by atoms with van der Waals surface area (Å²) in [5.41, 5.74) is -1.33. The van der Waals surface area contributed by atoms with Crippen LogP contribution in [0, 0.1) is 0 Å². The molecule has 0 aromatic rings. The summed E-state index contributed by atoms with van der Waals surface area (Å²) in [6.45, 7) is 8.27. The molecule has 1 fully saturated rings. The van der Waals surface area contributed by atoms with Gasteiger partial charge >= 0.3 is 11.9 Å². The second-order valence-corrected chi connectivity index (χ2v) is 6.06. The van der Waals surface area contributed by atoms with Crippen LogP contribution in [0.25, 0.3) is 0 Å². The molecule has 1 rings (SSSR count). The van der Waals surface area contributed by atoms with Crippen molar-refractivity contribution in [2.75, 3.05) is 39.5 Å². The summed E-state index contributed by atoms with van der Waals surface area (Å²) in [4.78, 5) is 27.5. The third-order valence-electron chi connectivity index (χ3n) is 4.42. The molecule has 24 heavy (non-hydrogen) atoms. The SMILES string of the molecule is CCCCCCCC(C(=O)OCC)(C(=O)OCC)N1CCOCC1. The fourth-order valence-electron chi connectivity index (χ4n) is 3.13. The molecule has 0 saturated carbocycles. The lowest BCUT2D eigenvalue weighted by atomic mass is 9.89. The maximum atomic E-state index is 12.8. The summed E-state index contributed by atoms with van der Waals surface area (Å²) < 4.78 is 16.0. The molecule has 6 heteroatoms. The zero-order valence-corrected chi connectivity index (χ0v) is 15.5. The van der Waals surface area contributed by atoms with Crippen molar-refractivity contribution in [2.45, 2.75) is 64.8 Å². The molecule has 0 atom stereocenters. The first kappa shape index (κ1) is 20.9. The molecule has 0 amide bonds. The Morgan fingerprint density at radius 2 is 1.46 bits per heavy atom. The van der Waals surface area contributed by atoms with E-state index in [1.54, 1.807) is 13.8 Å². The highest BCUT2D eigenvalue weighted by Crippen LogP contribution is 2.28. The monoisotopic (exact) mass is 343 g/mol. The smallest absolute Gasteiger partial charge is 0.338 e. The average molecular weight is 343 g/mol. The van der Waals surface area contributed by atoms with Crippen LogP contribution in [0.15, 0.2) is 0 Å². The predicted molar refractivity (Wildman–Crippen MR) is 91.8 cm³/mol. The van der Waals surface area contributed by atoms with Crippen LogP contribution >= 0.6 is 0 Å². The van der Waals surface area contributed by atoms with Crippen LogP contribution in [0.4, 0.5) is 0 Å². The van der Waals surface area contributed by atoms with Crippen LogP contribution in [0.2, 0.25) is 0 Å². The minimum absolute atomic E-state index is 0.250. The Bertz CT molecular complexity index is 362. The molecule has 0 spiro atoms. The van der Waals surface area contributed by atoms with E-state index in [0.717, 1.165) is 25.7 Å². The van der Waals surface area contributed by atoms with Crippen LogP contribution in [0.3, 0.4) is 0 Å². The largest absolute Gasteiger partial charge is 0.464 e. The highest BCUT2D eigenvalue weighted by molar-refractivity contribution is 6.05. The summed E-state index contributed by atoms with van der Waals surface area (Å²) >= 11 is 0. The second kappa shape index (κ2) is 11.4. The Labute approximate surface area is 145 Å². The average Bonchev–Trinajstić information content (AvgIpc) is 2.59. The van der Waals surface area contributed by atoms with Gasteiger partial charge in [0.1, 0.15) is 0 Å². The lowest BCUT2D eigenvalue weighted by Crippen LogP contribution is -2.64. The molecule has 0 N–H and O–H groups in total. The van der Waals surface area contributed by atoms with Gasteiger partial charge in [-0.3, -0.25) is 4.90 Å². The molecular weight excluding hydrogens is 310 g/mol. The first-order valence-electron chi connectivity index (χ1n) is 9.30.